The second-order valence-corrected chi connectivity index (χ2v) is 6.33. The molecule has 110 valence electrons. The molecule has 3 rings (SSSR count). The predicted octanol–water partition coefficient (Wildman–Crippen LogP) is 2.94. The third kappa shape index (κ3) is 2.63. The zero-order chi connectivity index (χ0) is 15.0. The normalized spacial score (nSPS) is 20.3. The molecule has 0 radical (unpaired) electrons. The first-order valence-electron chi connectivity index (χ1n) is 6.79. The highest BCUT2D eigenvalue weighted by Gasteiger charge is 2.39. The number of aryl methyl sites for hydroxylation is 1. The van der Waals surface area contributed by atoms with Crippen LogP contribution in [0.1, 0.15) is 33.7 Å². The number of carbonyl (C=O) groups is 1. The van der Waals surface area contributed by atoms with Crippen LogP contribution in [0.3, 0.4) is 0 Å². The van der Waals surface area contributed by atoms with Crippen LogP contribution in [0, 0.1) is 0 Å². The summed E-state index contributed by atoms with van der Waals surface area (Å²) in [5.74, 6) is -0.408. The smallest absolute Gasteiger partial charge is 0.354 e. The Morgan fingerprint density at radius 2 is 2.29 bits per heavy atom. The fraction of sp³-hybridized carbons (Fsp3) is 0.312. The number of ether oxygens (including phenoxy) is 1. The number of benzene rings is 1. The first kappa shape index (κ1) is 14.4. The van der Waals surface area contributed by atoms with Gasteiger partial charge in [-0.3, -0.25) is 0 Å². The second kappa shape index (κ2) is 5.31. The Morgan fingerprint density at radius 3 is 3.00 bits per heavy atom. The summed E-state index contributed by atoms with van der Waals surface area (Å²) in [5.41, 5.74) is 2.22. The number of aromatic nitrogens is 1. The van der Waals surface area contributed by atoms with Crippen LogP contribution in [0.2, 0.25) is 0 Å². The van der Waals surface area contributed by atoms with E-state index < -0.39 is 11.6 Å². The van der Waals surface area contributed by atoms with E-state index in [2.05, 4.69) is 20.9 Å². The first-order valence-corrected chi connectivity index (χ1v) is 7.59. The maximum Gasteiger partial charge on any atom is 0.354 e. The third-order valence-electron chi connectivity index (χ3n) is 3.96. The summed E-state index contributed by atoms with van der Waals surface area (Å²) in [6.45, 7) is 0. The maximum atomic E-state index is 11.6. The van der Waals surface area contributed by atoms with E-state index in [1.807, 2.05) is 24.3 Å². The summed E-state index contributed by atoms with van der Waals surface area (Å²) in [4.78, 5) is 14.6. The van der Waals surface area contributed by atoms with E-state index in [9.17, 15) is 9.90 Å². The molecule has 4 nitrogen and oxygen atoms in total. The number of aliphatic hydroxyl groups is 1. The van der Waals surface area contributed by atoms with Gasteiger partial charge in [-0.1, -0.05) is 28.1 Å². The van der Waals surface area contributed by atoms with Crippen molar-refractivity contribution in [3.63, 3.8) is 0 Å². The van der Waals surface area contributed by atoms with Crippen LogP contribution in [-0.4, -0.2) is 23.2 Å². The van der Waals surface area contributed by atoms with Gasteiger partial charge < -0.3 is 14.8 Å². The lowest BCUT2D eigenvalue weighted by molar-refractivity contribution is 0.0347. The van der Waals surface area contributed by atoms with Crippen LogP contribution in [0.25, 0.3) is 0 Å². The zero-order valence-corrected chi connectivity index (χ0v) is 13.2. The Bertz CT molecular complexity index is 695. The van der Waals surface area contributed by atoms with E-state index >= 15 is 0 Å². The quantitative estimate of drug-likeness (QED) is 0.837. The summed E-state index contributed by atoms with van der Waals surface area (Å²) in [6.07, 6.45) is 1.93. The van der Waals surface area contributed by atoms with E-state index in [0.717, 1.165) is 27.7 Å². The van der Waals surface area contributed by atoms with Gasteiger partial charge in [0.25, 0.3) is 0 Å². The van der Waals surface area contributed by atoms with Crippen molar-refractivity contribution in [1.29, 1.82) is 0 Å². The molecule has 1 aromatic carbocycles. The van der Waals surface area contributed by atoms with Gasteiger partial charge in [0.05, 0.1) is 12.8 Å². The fourth-order valence-corrected chi connectivity index (χ4v) is 3.40. The molecule has 0 bridgehead atoms. The van der Waals surface area contributed by atoms with Crippen LogP contribution in [0.5, 0.6) is 0 Å². The highest BCUT2D eigenvalue weighted by molar-refractivity contribution is 9.10. The lowest BCUT2D eigenvalue weighted by Gasteiger charge is -2.23. The zero-order valence-electron chi connectivity index (χ0n) is 11.6. The Balaban J connectivity index is 1.91. The monoisotopic (exact) mass is 349 g/mol. The summed E-state index contributed by atoms with van der Waals surface area (Å²) in [6, 6.07) is 9.68. The molecule has 2 aromatic rings. The van der Waals surface area contributed by atoms with Crippen LogP contribution >= 0.6 is 15.9 Å². The number of rotatable bonds is 3. The summed E-state index contributed by atoms with van der Waals surface area (Å²) >= 11 is 3.44. The molecule has 0 fully saturated rings. The molecule has 0 aliphatic heterocycles. The van der Waals surface area contributed by atoms with E-state index in [4.69, 9.17) is 4.74 Å². The lowest BCUT2D eigenvalue weighted by Crippen LogP contribution is -2.26. The van der Waals surface area contributed by atoms with Gasteiger partial charge in [0.2, 0.25) is 0 Å². The molecule has 21 heavy (non-hydrogen) atoms. The van der Waals surface area contributed by atoms with E-state index in [1.165, 1.54) is 7.11 Å². The molecular weight excluding hydrogens is 334 g/mol. The molecule has 0 amide bonds. The second-order valence-electron chi connectivity index (χ2n) is 5.41. The van der Waals surface area contributed by atoms with Crippen molar-refractivity contribution in [2.24, 2.45) is 0 Å². The minimum atomic E-state index is -0.956. The van der Waals surface area contributed by atoms with Crippen molar-refractivity contribution >= 4 is 21.9 Å². The van der Waals surface area contributed by atoms with Crippen LogP contribution in [0.15, 0.2) is 34.8 Å². The van der Waals surface area contributed by atoms with Crippen molar-refractivity contribution in [2.75, 3.05) is 7.11 Å². The number of aromatic amines is 1. The molecule has 1 aliphatic carbocycles. The molecule has 1 aliphatic rings. The number of carbonyl (C=O) groups excluding carboxylic acids is 1. The van der Waals surface area contributed by atoms with Crippen molar-refractivity contribution in [3.05, 3.63) is 57.3 Å². The molecule has 1 atom stereocenters. The third-order valence-corrected chi connectivity index (χ3v) is 4.46. The molecule has 5 heteroatoms. The molecule has 1 unspecified atom stereocenters. The number of methoxy groups -OCH3 is 1. The van der Waals surface area contributed by atoms with Gasteiger partial charge in [0.1, 0.15) is 11.3 Å². The number of halogens is 1. The molecule has 1 heterocycles. The largest absolute Gasteiger partial charge is 0.464 e. The number of esters is 1. The van der Waals surface area contributed by atoms with Gasteiger partial charge in [0, 0.05) is 10.9 Å². The molecule has 0 saturated heterocycles. The van der Waals surface area contributed by atoms with Crippen molar-refractivity contribution < 1.29 is 14.6 Å². The Kier molecular flexibility index (Phi) is 3.63. The van der Waals surface area contributed by atoms with Gasteiger partial charge in [-0.05, 0) is 42.2 Å². The number of nitrogens with one attached hydrogen (secondary N) is 1. The van der Waals surface area contributed by atoms with Crippen LogP contribution < -0.4 is 0 Å². The van der Waals surface area contributed by atoms with Gasteiger partial charge >= 0.3 is 5.97 Å². The van der Waals surface area contributed by atoms with Crippen molar-refractivity contribution in [2.45, 2.75) is 24.9 Å². The summed E-state index contributed by atoms with van der Waals surface area (Å²) in [5, 5.41) is 11.0. The van der Waals surface area contributed by atoms with Crippen molar-refractivity contribution in [1.82, 2.24) is 4.98 Å². The highest BCUT2D eigenvalue weighted by Crippen LogP contribution is 2.39. The highest BCUT2D eigenvalue weighted by atomic mass is 79.9. The van der Waals surface area contributed by atoms with E-state index in [0.29, 0.717) is 18.5 Å². The summed E-state index contributed by atoms with van der Waals surface area (Å²) in [7, 11) is 1.35. The van der Waals surface area contributed by atoms with Gasteiger partial charge in [-0.25, -0.2) is 4.79 Å². The molecule has 1 aromatic heterocycles. The number of fused-ring (bicyclic) bond motifs is 1. The Labute approximate surface area is 131 Å². The fourth-order valence-electron chi connectivity index (χ4n) is 2.96. The van der Waals surface area contributed by atoms with Crippen molar-refractivity contribution in [3.8, 4) is 0 Å². The summed E-state index contributed by atoms with van der Waals surface area (Å²) < 4.78 is 5.71. The maximum absolute atomic E-state index is 11.6. The predicted molar refractivity (Wildman–Crippen MR) is 82.2 cm³/mol. The van der Waals surface area contributed by atoms with Gasteiger partial charge in [-0.15, -0.1) is 0 Å². The number of hydrogen-bond acceptors (Lipinski definition) is 3. The Morgan fingerprint density at radius 1 is 1.48 bits per heavy atom. The minimum absolute atomic E-state index is 0.398. The topological polar surface area (TPSA) is 62.3 Å². The standard InChI is InChI=1S/C16H16BrNO3/c1-21-15(19)13-8-11-5-6-16(20,14(11)18-13)9-10-3-2-4-12(17)7-10/h2-4,7-8,18,20H,5-6,9H2,1H3. The average molecular weight is 350 g/mol. The SMILES string of the molecule is COC(=O)c1cc2c([nH]1)C(O)(Cc1cccc(Br)c1)CC2. The molecule has 0 saturated carbocycles. The minimum Gasteiger partial charge on any atom is -0.464 e. The Hall–Kier alpha value is -1.59. The van der Waals surface area contributed by atoms with E-state index in [1.54, 1.807) is 6.07 Å². The molecule has 0 spiro atoms. The molecule has 2 N–H and O–H groups in total. The van der Waals surface area contributed by atoms with Crippen LogP contribution in [0.4, 0.5) is 0 Å². The van der Waals surface area contributed by atoms with Gasteiger partial charge in [-0.2, -0.15) is 0 Å². The lowest BCUT2D eigenvalue weighted by atomic mass is 9.92. The number of hydrogen-bond donors (Lipinski definition) is 2. The average Bonchev–Trinajstić information content (AvgIpc) is 3.00. The number of H-pyrrole nitrogens is 1. The molecular formula is C16H16BrNO3. The van der Waals surface area contributed by atoms with Crippen LogP contribution in [-0.2, 0) is 23.2 Å². The van der Waals surface area contributed by atoms with E-state index in [-0.39, 0.29) is 0 Å². The first-order chi connectivity index (χ1) is 10.0. The van der Waals surface area contributed by atoms with Gasteiger partial charge in [0.15, 0.2) is 0 Å².